The third-order valence-electron chi connectivity index (χ3n) is 4.84. The maximum atomic E-state index is 12.8. The number of hydrogen-bond acceptors (Lipinski definition) is 7. The molecule has 1 amide bonds. The highest BCUT2D eigenvalue weighted by molar-refractivity contribution is 7.89. The molecule has 3 rings (SSSR count). The van der Waals surface area contributed by atoms with Crippen molar-refractivity contribution in [3.8, 4) is 11.5 Å². The van der Waals surface area contributed by atoms with E-state index in [0.29, 0.717) is 17.1 Å². The van der Waals surface area contributed by atoms with Gasteiger partial charge in [-0.05, 0) is 30.3 Å². The molecule has 0 aliphatic carbocycles. The fourth-order valence-corrected chi connectivity index (χ4v) is 4.59. The molecule has 2 aromatic rings. The number of nitrogens with zero attached hydrogens (tertiary/aromatic N) is 3. The van der Waals surface area contributed by atoms with Crippen molar-refractivity contribution in [3.05, 3.63) is 58.1 Å². The van der Waals surface area contributed by atoms with E-state index < -0.39 is 14.9 Å². The maximum Gasteiger partial charge on any atom is 0.269 e. The molecule has 0 spiro atoms. The average molecular weight is 435 g/mol. The van der Waals surface area contributed by atoms with E-state index in [9.17, 15) is 23.3 Å². The number of ether oxygens (including phenoxy) is 2. The molecule has 1 saturated heterocycles. The van der Waals surface area contributed by atoms with Crippen molar-refractivity contribution in [2.24, 2.45) is 0 Å². The molecule has 0 saturated carbocycles. The van der Waals surface area contributed by atoms with Crippen molar-refractivity contribution in [1.82, 2.24) is 9.21 Å². The van der Waals surface area contributed by atoms with Gasteiger partial charge in [-0.25, -0.2) is 8.42 Å². The molecule has 0 atom stereocenters. The van der Waals surface area contributed by atoms with Crippen LogP contribution in [0.5, 0.6) is 11.5 Å². The molecule has 1 heterocycles. The maximum absolute atomic E-state index is 12.8. The highest BCUT2D eigenvalue weighted by Gasteiger charge is 2.31. The quantitative estimate of drug-likeness (QED) is 0.501. The summed E-state index contributed by atoms with van der Waals surface area (Å²) in [6.45, 7) is 0.690. The number of benzene rings is 2. The van der Waals surface area contributed by atoms with Gasteiger partial charge < -0.3 is 14.4 Å². The van der Waals surface area contributed by atoms with Gasteiger partial charge in [0, 0.05) is 43.9 Å². The minimum absolute atomic E-state index is 0.0206. The minimum Gasteiger partial charge on any atom is -0.493 e. The third-order valence-corrected chi connectivity index (χ3v) is 6.75. The summed E-state index contributed by atoms with van der Waals surface area (Å²) in [5, 5.41) is 10.8. The molecular formula is C19H21N3O7S. The van der Waals surface area contributed by atoms with Gasteiger partial charge in [0.1, 0.15) is 0 Å². The lowest BCUT2D eigenvalue weighted by atomic mass is 10.1. The molecule has 160 valence electrons. The van der Waals surface area contributed by atoms with Crippen molar-refractivity contribution in [2.45, 2.75) is 4.90 Å². The molecule has 1 aliphatic heterocycles. The van der Waals surface area contributed by atoms with Gasteiger partial charge in [0.2, 0.25) is 10.0 Å². The molecule has 1 fully saturated rings. The average Bonchev–Trinajstić information content (AvgIpc) is 2.78. The zero-order valence-electron chi connectivity index (χ0n) is 16.5. The van der Waals surface area contributed by atoms with Crippen molar-refractivity contribution in [1.29, 1.82) is 0 Å². The Hall–Kier alpha value is -3.18. The van der Waals surface area contributed by atoms with Gasteiger partial charge in [0.25, 0.3) is 11.6 Å². The van der Waals surface area contributed by atoms with E-state index in [1.807, 2.05) is 0 Å². The van der Waals surface area contributed by atoms with Crippen LogP contribution in [0.15, 0.2) is 47.4 Å². The molecule has 0 bridgehead atoms. The number of nitro benzene ring substituents is 1. The Morgan fingerprint density at radius 2 is 1.57 bits per heavy atom. The lowest BCUT2D eigenvalue weighted by Crippen LogP contribution is -2.50. The second-order valence-corrected chi connectivity index (χ2v) is 8.45. The standard InChI is InChI=1S/C19H21N3O7S/c1-28-17-8-3-14(13-18(17)29-2)19(23)20-9-11-21(12-10-20)30(26,27)16-6-4-15(5-7-16)22(24)25/h3-8,13H,9-12H2,1-2H3. The Morgan fingerprint density at radius 1 is 0.967 bits per heavy atom. The van der Waals surface area contributed by atoms with E-state index >= 15 is 0 Å². The van der Waals surface area contributed by atoms with Gasteiger partial charge in [-0.2, -0.15) is 4.31 Å². The Morgan fingerprint density at radius 3 is 2.10 bits per heavy atom. The molecular weight excluding hydrogens is 414 g/mol. The second kappa shape index (κ2) is 8.67. The fourth-order valence-electron chi connectivity index (χ4n) is 3.17. The number of carbonyl (C=O) groups is 1. The van der Waals surface area contributed by atoms with E-state index in [4.69, 9.17) is 9.47 Å². The van der Waals surface area contributed by atoms with Crippen LogP contribution in [0.4, 0.5) is 5.69 Å². The molecule has 0 N–H and O–H groups in total. The van der Waals surface area contributed by atoms with Gasteiger partial charge >= 0.3 is 0 Å². The van der Waals surface area contributed by atoms with Gasteiger partial charge in [-0.15, -0.1) is 0 Å². The second-order valence-electron chi connectivity index (χ2n) is 6.52. The van der Waals surface area contributed by atoms with Crippen molar-refractivity contribution in [2.75, 3.05) is 40.4 Å². The van der Waals surface area contributed by atoms with E-state index in [1.54, 1.807) is 23.1 Å². The van der Waals surface area contributed by atoms with Crippen LogP contribution in [0, 0.1) is 10.1 Å². The van der Waals surface area contributed by atoms with E-state index in [2.05, 4.69) is 0 Å². The number of amides is 1. The predicted octanol–water partition coefficient (Wildman–Crippen LogP) is 1.76. The smallest absolute Gasteiger partial charge is 0.269 e. The van der Waals surface area contributed by atoms with Crippen LogP contribution in [0.3, 0.4) is 0 Å². The van der Waals surface area contributed by atoms with Crippen molar-refractivity contribution in [3.63, 3.8) is 0 Å². The number of hydrogen-bond donors (Lipinski definition) is 0. The first-order valence-electron chi connectivity index (χ1n) is 9.04. The van der Waals surface area contributed by atoms with Crippen LogP contribution >= 0.6 is 0 Å². The number of nitro groups is 1. The van der Waals surface area contributed by atoms with Crippen LogP contribution in [0.25, 0.3) is 0 Å². The topological polar surface area (TPSA) is 119 Å². The number of rotatable bonds is 6. The minimum atomic E-state index is -3.80. The lowest BCUT2D eigenvalue weighted by molar-refractivity contribution is -0.384. The molecule has 30 heavy (non-hydrogen) atoms. The summed E-state index contributed by atoms with van der Waals surface area (Å²) in [6.07, 6.45) is 0. The zero-order chi connectivity index (χ0) is 21.9. The summed E-state index contributed by atoms with van der Waals surface area (Å²) in [4.78, 5) is 24.5. The number of non-ortho nitro benzene ring substituents is 1. The monoisotopic (exact) mass is 435 g/mol. The highest BCUT2D eigenvalue weighted by atomic mass is 32.2. The van der Waals surface area contributed by atoms with Crippen LogP contribution in [0.2, 0.25) is 0 Å². The number of sulfonamides is 1. The molecule has 0 radical (unpaired) electrons. The summed E-state index contributed by atoms with van der Waals surface area (Å²) < 4.78 is 37.2. The SMILES string of the molecule is COc1ccc(C(=O)N2CCN(S(=O)(=O)c3ccc([N+](=O)[O-])cc3)CC2)cc1OC. The van der Waals surface area contributed by atoms with E-state index in [0.717, 1.165) is 12.1 Å². The Labute approximate surface area is 173 Å². The normalized spacial score (nSPS) is 14.9. The van der Waals surface area contributed by atoms with Gasteiger partial charge in [0.15, 0.2) is 11.5 Å². The summed E-state index contributed by atoms with van der Waals surface area (Å²) >= 11 is 0. The highest BCUT2D eigenvalue weighted by Crippen LogP contribution is 2.28. The number of piperazine rings is 1. The number of carbonyl (C=O) groups excluding carboxylic acids is 1. The van der Waals surface area contributed by atoms with Crippen LogP contribution in [-0.4, -0.2) is 68.9 Å². The summed E-state index contributed by atoms with van der Waals surface area (Å²) in [5.74, 6) is 0.708. The molecule has 1 aliphatic rings. The summed E-state index contributed by atoms with van der Waals surface area (Å²) in [6, 6.07) is 9.60. The third kappa shape index (κ3) is 4.21. The van der Waals surface area contributed by atoms with Crippen molar-refractivity contribution < 1.29 is 27.6 Å². The first-order chi connectivity index (χ1) is 14.3. The van der Waals surface area contributed by atoms with E-state index in [-0.39, 0.29) is 42.7 Å². The van der Waals surface area contributed by atoms with Gasteiger partial charge in [-0.3, -0.25) is 14.9 Å². The first-order valence-corrected chi connectivity index (χ1v) is 10.5. The Kier molecular flexibility index (Phi) is 6.22. The Bertz CT molecular complexity index is 1050. The first kappa shape index (κ1) is 21.5. The molecule has 2 aromatic carbocycles. The van der Waals surface area contributed by atoms with Crippen LogP contribution in [-0.2, 0) is 10.0 Å². The van der Waals surface area contributed by atoms with Crippen LogP contribution in [0.1, 0.15) is 10.4 Å². The largest absolute Gasteiger partial charge is 0.493 e. The van der Waals surface area contributed by atoms with E-state index in [1.165, 1.54) is 30.7 Å². The summed E-state index contributed by atoms with van der Waals surface area (Å²) in [7, 11) is -0.818. The summed E-state index contributed by atoms with van der Waals surface area (Å²) in [5.41, 5.74) is 0.235. The molecule has 0 aromatic heterocycles. The van der Waals surface area contributed by atoms with Crippen molar-refractivity contribution >= 4 is 21.6 Å². The molecule has 11 heteroatoms. The predicted molar refractivity (Wildman–Crippen MR) is 107 cm³/mol. The van der Waals surface area contributed by atoms with Gasteiger partial charge in [0.05, 0.1) is 24.0 Å². The van der Waals surface area contributed by atoms with Crippen LogP contribution < -0.4 is 9.47 Å². The molecule has 10 nitrogen and oxygen atoms in total. The Balaban J connectivity index is 1.69. The van der Waals surface area contributed by atoms with Gasteiger partial charge in [-0.1, -0.05) is 0 Å². The lowest BCUT2D eigenvalue weighted by Gasteiger charge is -2.34. The fraction of sp³-hybridized carbons (Fsp3) is 0.316. The molecule has 0 unspecified atom stereocenters. The number of methoxy groups -OCH3 is 2. The zero-order valence-corrected chi connectivity index (χ0v) is 17.3.